The molecule has 0 aromatic heterocycles. The van der Waals surface area contributed by atoms with E-state index in [0.717, 1.165) is 25.7 Å². The first-order chi connectivity index (χ1) is 6.11. The van der Waals surface area contributed by atoms with Crippen molar-refractivity contribution in [2.45, 2.75) is 43.5 Å². The molecule has 2 fully saturated rings. The smallest absolute Gasteiger partial charge is 0.155 e. The van der Waals surface area contributed by atoms with Crippen molar-refractivity contribution in [3.8, 4) is 0 Å². The van der Waals surface area contributed by atoms with Crippen LogP contribution < -0.4 is 0 Å². The van der Waals surface area contributed by atoms with Gasteiger partial charge < -0.3 is 5.11 Å². The SMILES string of the molecule is O=S1(=O)CCC1C(O)C1CCCC1. The second-order valence-corrected chi connectivity index (χ2v) is 6.57. The average Bonchev–Trinajstić information content (AvgIpc) is 2.54. The van der Waals surface area contributed by atoms with E-state index in [1.54, 1.807) is 0 Å². The summed E-state index contributed by atoms with van der Waals surface area (Å²) in [4.78, 5) is 0. The van der Waals surface area contributed by atoms with E-state index in [0.29, 0.717) is 6.42 Å². The first-order valence-electron chi connectivity index (χ1n) is 5.01. The number of aliphatic hydroxyl groups is 1. The summed E-state index contributed by atoms with van der Waals surface area (Å²) in [6.07, 6.45) is 4.39. The molecule has 0 amide bonds. The summed E-state index contributed by atoms with van der Waals surface area (Å²) >= 11 is 0. The number of hydrogen-bond acceptors (Lipinski definition) is 3. The molecule has 4 heteroatoms. The Morgan fingerprint density at radius 2 is 1.77 bits per heavy atom. The van der Waals surface area contributed by atoms with Gasteiger partial charge in [0.2, 0.25) is 0 Å². The lowest BCUT2D eigenvalue weighted by Gasteiger charge is -2.33. The second-order valence-electron chi connectivity index (χ2n) is 4.23. The first kappa shape index (κ1) is 9.46. The van der Waals surface area contributed by atoms with Crippen LogP contribution in [0, 0.1) is 5.92 Å². The van der Waals surface area contributed by atoms with Gasteiger partial charge >= 0.3 is 0 Å². The van der Waals surface area contributed by atoms with Crippen LogP contribution in [0.5, 0.6) is 0 Å². The summed E-state index contributed by atoms with van der Waals surface area (Å²) in [5, 5.41) is 9.39. The van der Waals surface area contributed by atoms with Gasteiger partial charge in [-0.3, -0.25) is 0 Å². The lowest BCUT2D eigenvalue weighted by molar-refractivity contribution is 0.0995. The third-order valence-corrected chi connectivity index (χ3v) is 5.65. The van der Waals surface area contributed by atoms with Crippen molar-refractivity contribution in [2.75, 3.05) is 5.75 Å². The Bertz CT molecular complexity index is 277. The van der Waals surface area contributed by atoms with E-state index >= 15 is 0 Å². The number of sulfone groups is 1. The Labute approximate surface area is 79.1 Å². The van der Waals surface area contributed by atoms with Crippen molar-refractivity contribution in [1.82, 2.24) is 0 Å². The van der Waals surface area contributed by atoms with Crippen LogP contribution in [0.3, 0.4) is 0 Å². The van der Waals surface area contributed by atoms with Gasteiger partial charge in [-0.1, -0.05) is 12.8 Å². The maximum Gasteiger partial charge on any atom is 0.155 e. The summed E-state index contributed by atoms with van der Waals surface area (Å²) < 4.78 is 22.5. The fourth-order valence-electron chi connectivity index (χ4n) is 2.43. The van der Waals surface area contributed by atoms with Crippen molar-refractivity contribution in [1.29, 1.82) is 0 Å². The minimum Gasteiger partial charge on any atom is -0.391 e. The predicted octanol–water partition coefficient (Wildman–Crippen LogP) is 0.725. The zero-order valence-corrected chi connectivity index (χ0v) is 8.46. The van der Waals surface area contributed by atoms with Crippen molar-refractivity contribution < 1.29 is 13.5 Å². The van der Waals surface area contributed by atoms with Crippen LogP contribution in [0.2, 0.25) is 0 Å². The molecule has 2 rings (SSSR count). The normalized spacial score (nSPS) is 35.6. The van der Waals surface area contributed by atoms with Crippen LogP contribution in [-0.4, -0.2) is 30.6 Å². The Balaban J connectivity index is 2.00. The highest BCUT2D eigenvalue weighted by molar-refractivity contribution is 7.93. The van der Waals surface area contributed by atoms with Gasteiger partial charge in [0.1, 0.15) is 0 Å². The van der Waals surface area contributed by atoms with Crippen molar-refractivity contribution in [3.63, 3.8) is 0 Å². The van der Waals surface area contributed by atoms with Crippen molar-refractivity contribution in [3.05, 3.63) is 0 Å². The highest BCUT2D eigenvalue weighted by atomic mass is 32.2. The Hall–Kier alpha value is -0.0900. The van der Waals surface area contributed by atoms with E-state index in [1.807, 2.05) is 0 Å². The summed E-state index contributed by atoms with van der Waals surface area (Å²) in [5.74, 6) is 0.529. The van der Waals surface area contributed by atoms with Gasteiger partial charge in [0.15, 0.2) is 9.84 Å². The van der Waals surface area contributed by atoms with E-state index in [1.165, 1.54) is 0 Å². The Morgan fingerprint density at radius 1 is 1.15 bits per heavy atom. The van der Waals surface area contributed by atoms with Gasteiger partial charge in [-0.15, -0.1) is 0 Å². The summed E-state index contributed by atoms with van der Waals surface area (Å²) in [7, 11) is -2.91. The van der Waals surface area contributed by atoms with E-state index < -0.39 is 21.2 Å². The summed E-state index contributed by atoms with van der Waals surface area (Å²) in [6.45, 7) is 0. The molecule has 3 nitrogen and oxygen atoms in total. The van der Waals surface area contributed by atoms with Crippen LogP contribution in [0.4, 0.5) is 0 Å². The molecule has 2 unspecified atom stereocenters. The molecule has 76 valence electrons. The standard InChI is InChI=1S/C9H16O3S/c10-9(7-3-1-2-4-7)8-5-6-13(8,11)12/h7-10H,1-6H2. The highest BCUT2D eigenvalue weighted by Gasteiger charge is 2.44. The molecule has 1 N–H and O–H groups in total. The van der Waals surface area contributed by atoms with Gasteiger partial charge in [-0.25, -0.2) is 8.42 Å². The van der Waals surface area contributed by atoms with Gasteiger partial charge in [0.05, 0.1) is 17.1 Å². The topological polar surface area (TPSA) is 54.4 Å². The lowest BCUT2D eigenvalue weighted by Crippen LogP contribution is -2.47. The lowest BCUT2D eigenvalue weighted by atomic mass is 9.96. The Morgan fingerprint density at radius 3 is 2.15 bits per heavy atom. The van der Waals surface area contributed by atoms with Gasteiger partial charge in [0, 0.05) is 0 Å². The van der Waals surface area contributed by atoms with E-state index in [-0.39, 0.29) is 11.7 Å². The molecule has 0 aromatic rings. The monoisotopic (exact) mass is 204 g/mol. The highest BCUT2D eigenvalue weighted by Crippen LogP contribution is 2.35. The van der Waals surface area contributed by atoms with Gasteiger partial charge in [-0.2, -0.15) is 0 Å². The molecule has 1 saturated carbocycles. The fraction of sp³-hybridized carbons (Fsp3) is 1.00. The van der Waals surface area contributed by atoms with E-state index in [4.69, 9.17) is 0 Å². The van der Waals surface area contributed by atoms with Crippen molar-refractivity contribution >= 4 is 9.84 Å². The predicted molar refractivity (Wildman–Crippen MR) is 50.2 cm³/mol. The van der Waals surface area contributed by atoms with Crippen LogP contribution in [0.15, 0.2) is 0 Å². The zero-order valence-electron chi connectivity index (χ0n) is 7.65. The van der Waals surface area contributed by atoms with Crippen molar-refractivity contribution in [2.24, 2.45) is 5.92 Å². The molecular weight excluding hydrogens is 188 g/mol. The molecule has 0 spiro atoms. The largest absolute Gasteiger partial charge is 0.391 e. The average molecular weight is 204 g/mol. The Kier molecular flexibility index (Phi) is 2.36. The zero-order chi connectivity index (χ0) is 9.47. The molecule has 0 radical (unpaired) electrons. The molecule has 0 aromatic carbocycles. The maximum absolute atomic E-state index is 11.3. The van der Waals surface area contributed by atoms with Crippen LogP contribution in [0.25, 0.3) is 0 Å². The molecule has 1 aliphatic carbocycles. The van der Waals surface area contributed by atoms with Gasteiger partial charge in [-0.05, 0) is 25.2 Å². The molecule has 0 bridgehead atoms. The second kappa shape index (κ2) is 3.24. The third-order valence-electron chi connectivity index (χ3n) is 3.41. The quantitative estimate of drug-likeness (QED) is 0.721. The molecule has 2 aliphatic rings. The number of hydrogen-bond donors (Lipinski definition) is 1. The molecule has 2 atom stereocenters. The van der Waals surface area contributed by atoms with E-state index in [2.05, 4.69) is 0 Å². The molecule has 1 saturated heterocycles. The summed E-state index contributed by atoms with van der Waals surface area (Å²) in [5.41, 5.74) is 0. The minimum absolute atomic E-state index is 0.250. The third kappa shape index (κ3) is 1.62. The fourth-order valence-corrected chi connectivity index (χ4v) is 3.97. The van der Waals surface area contributed by atoms with Gasteiger partial charge in [0.25, 0.3) is 0 Å². The molecular formula is C9H16O3S. The number of aliphatic hydroxyl groups excluding tert-OH is 1. The van der Waals surface area contributed by atoms with Crippen LogP contribution in [-0.2, 0) is 9.84 Å². The molecule has 1 heterocycles. The molecule has 13 heavy (non-hydrogen) atoms. The van der Waals surface area contributed by atoms with Crippen LogP contribution >= 0.6 is 0 Å². The molecule has 1 aliphatic heterocycles. The maximum atomic E-state index is 11.3. The minimum atomic E-state index is -2.91. The number of rotatable bonds is 2. The van der Waals surface area contributed by atoms with E-state index in [9.17, 15) is 13.5 Å². The van der Waals surface area contributed by atoms with Crippen LogP contribution in [0.1, 0.15) is 32.1 Å². The summed E-state index contributed by atoms with van der Waals surface area (Å²) in [6, 6.07) is 0. The first-order valence-corrected chi connectivity index (χ1v) is 6.72.